The Morgan fingerprint density at radius 2 is 0.861 bits per heavy atom. The van der Waals surface area contributed by atoms with Gasteiger partial charge in [0.15, 0.2) is 17.5 Å². The van der Waals surface area contributed by atoms with Crippen LogP contribution in [0.4, 0.5) is 22.9 Å². The van der Waals surface area contributed by atoms with Crippen LogP contribution in [-0.4, -0.2) is 279 Å². The Morgan fingerprint density at radius 3 is 1.31 bits per heavy atom. The molecule has 32 heteroatoms. The van der Waals surface area contributed by atoms with E-state index in [0.717, 1.165) is 193 Å². The lowest BCUT2D eigenvalue weighted by molar-refractivity contribution is -0.133. The van der Waals surface area contributed by atoms with Crippen molar-refractivity contribution in [1.29, 1.82) is 0 Å². The van der Waals surface area contributed by atoms with E-state index in [4.69, 9.17) is 14.7 Å². The molecule has 3 atom stereocenters. The number of ether oxygens (including phenoxy) is 1. The maximum Gasteiger partial charge on any atom is 0.237 e. The maximum absolute atomic E-state index is 14.0. The zero-order chi connectivity index (χ0) is 93.8. The van der Waals surface area contributed by atoms with Crippen LogP contribution in [-0.2, 0) is 69.5 Å². The molecule has 0 unspecified atom stereocenters. The van der Waals surface area contributed by atoms with Gasteiger partial charge in [0.1, 0.15) is 24.8 Å². The van der Waals surface area contributed by atoms with Crippen LogP contribution in [0.15, 0.2) is 204 Å². The highest BCUT2D eigenvalue weighted by molar-refractivity contribution is 6.17. The van der Waals surface area contributed by atoms with E-state index in [-0.39, 0.29) is 47.0 Å². The molecule has 12 aliphatic heterocycles. The largest absolute Gasteiger partial charge is 0.475 e. The normalized spacial score (nSPS) is 21.3. The van der Waals surface area contributed by atoms with E-state index in [1.54, 1.807) is 51.6 Å². The van der Waals surface area contributed by atoms with Crippen molar-refractivity contribution in [2.24, 2.45) is 52.4 Å². The molecule has 32 nitrogen and oxygen atoms in total. The second-order valence-corrected chi connectivity index (χ2v) is 38.7. The molecule has 137 heavy (non-hydrogen) atoms. The molecule has 0 bridgehead atoms. The standard InChI is InChI=1S/C37H42N10O3.C37H38N8O2.C31H33N7O2/c1-25(2)50-32-9-6-27(20-39-32)34-30-18-29(7-4-26(30)19-40-34)47-13-11-37(36(47)49)10-12-44(23-37)22-33(48)46-16-14-45(15-17-46)31-8-5-28(21-38-31)35-41-24-43(3)42-35;1-25-9-14-38-21-32(25)34-31-19-30(8-7-29(31)20-39-34)45-18-13-37(36(45)47)12-17-43(23-37)22-33(46)44-15-10-27(11-16-44)26-3-5-28(6-4-26)35-40-24-42(2)41-35;1-35-21-33-29(34-35)24-4-2-22(3-5-24)23-8-12-37(13-9-23)28(39)19-36-14-10-31(20-36)11-15-38(30(31)40)27-7-6-25-17-32-18-26(25)16-27/h4-9,18,20-21,24-25H,10-17,19,22-23H2,1-3H3;3-10,14,19,21,24H,11-13,15-18,20,22-23H2,1-2H3;2-8,16,18,21H,9-15,17,19-20H2,1H3/t2*37-;31-/m000/s1. The average Bonchev–Trinajstić information content (AvgIpc) is 1.60. The first-order valence-corrected chi connectivity index (χ1v) is 48.0. The van der Waals surface area contributed by atoms with E-state index >= 15 is 0 Å². The molecule has 5 aromatic carbocycles. The molecule has 0 aliphatic carbocycles. The van der Waals surface area contributed by atoms with Gasteiger partial charge in [-0.15, -0.1) is 0 Å². The highest BCUT2D eigenvalue weighted by Crippen LogP contribution is 2.47. The molecule has 23 rings (SSSR count). The summed E-state index contributed by atoms with van der Waals surface area (Å²) in [5.41, 5.74) is 21.0. The molecular formula is C105H113N25O7. The van der Waals surface area contributed by atoms with Crippen molar-refractivity contribution in [2.75, 3.05) is 150 Å². The zero-order valence-electron chi connectivity index (χ0n) is 78.5. The van der Waals surface area contributed by atoms with Crippen LogP contribution < -0.4 is 24.3 Å². The van der Waals surface area contributed by atoms with E-state index in [1.165, 1.54) is 33.4 Å². The molecule has 700 valence electrons. The van der Waals surface area contributed by atoms with Gasteiger partial charge in [0, 0.05) is 206 Å². The zero-order valence-corrected chi connectivity index (χ0v) is 78.5. The number of hydrogen-bond acceptors (Lipinski definition) is 23. The Labute approximate surface area is 796 Å². The molecule has 7 fully saturated rings. The van der Waals surface area contributed by atoms with Gasteiger partial charge in [-0.3, -0.25) is 77.5 Å². The number of rotatable bonds is 19. The predicted molar refractivity (Wildman–Crippen MR) is 524 cm³/mol. The minimum atomic E-state index is -0.451. The van der Waals surface area contributed by atoms with Crippen LogP contribution in [0.25, 0.3) is 45.3 Å². The predicted octanol–water partition coefficient (Wildman–Crippen LogP) is 10.6. The van der Waals surface area contributed by atoms with Gasteiger partial charge >= 0.3 is 0 Å². The molecule has 7 saturated heterocycles. The number of piperazine rings is 1. The van der Waals surface area contributed by atoms with Gasteiger partial charge in [0.05, 0.1) is 73.0 Å². The number of anilines is 4. The van der Waals surface area contributed by atoms with E-state index in [2.05, 4.69) is 180 Å². The maximum atomic E-state index is 14.0. The Bertz CT molecular complexity index is 6670. The summed E-state index contributed by atoms with van der Waals surface area (Å²) in [4.78, 5) is 142. The summed E-state index contributed by atoms with van der Waals surface area (Å²) < 4.78 is 10.8. The second kappa shape index (κ2) is 37.4. The van der Waals surface area contributed by atoms with Crippen LogP contribution in [0.3, 0.4) is 0 Å². The van der Waals surface area contributed by atoms with Crippen LogP contribution in [0.5, 0.6) is 5.88 Å². The van der Waals surface area contributed by atoms with E-state index in [1.807, 2.05) is 119 Å². The first kappa shape index (κ1) is 89.3. The lowest BCUT2D eigenvalue weighted by Crippen LogP contribution is -2.51. The number of carbonyl (C=O) groups is 6. The summed E-state index contributed by atoms with van der Waals surface area (Å²) in [7, 11) is 5.57. The van der Waals surface area contributed by atoms with Crippen LogP contribution in [0, 0.1) is 23.2 Å². The van der Waals surface area contributed by atoms with Crippen molar-refractivity contribution >= 4 is 87.1 Å². The number of pyridine rings is 3. The fraction of sp³-hybridized carbons (Fsp3) is 0.390. The number of aromatic nitrogens is 12. The van der Waals surface area contributed by atoms with Crippen molar-refractivity contribution in [3.05, 3.63) is 251 Å². The monoisotopic (exact) mass is 1840 g/mol. The van der Waals surface area contributed by atoms with E-state index in [9.17, 15) is 28.8 Å². The third kappa shape index (κ3) is 18.2. The number of aliphatic imine (C=N–C) groups is 3. The minimum absolute atomic E-state index is 0.0564. The van der Waals surface area contributed by atoms with Gasteiger partial charge in [-0.1, -0.05) is 78.9 Å². The summed E-state index contributed by atoms with van der Waals surface area (Å²) in [5.74, 6) is 4.50. The van der Waals surface area contributed by atoms with E-state index in [0.29, 0.717) is 122 Å². The Hall–Kier alpha value is -14.2. The summed E-state index contributed by atoms with van der Waals surface area (Å²) in [6, 6.07) is 45.3. The van der Waals surface area contributed by atoms with Gasteiger partial charge in [-0.25, -0.2) is 24.9 Å². The van der Waals surface area contributed by atoms with Crippen molar-refractivity contribution in [1.82, 2.24) is 88.6 Å². The van der Waals surface area contributed by atoms with Gasteiger partial charge in [0.2, 0.25) is 41.3 Å². The molecule has 0 N–H and O–H groups in total. The van der Waals surface area contributed by atoms with Crippen molar-refractivity contribution in [2.45, 2.75) is 97.9 Å². The number of aryl methyl sites for hydroxylation is 4. The fourth-order valence-corrected chi connectivity index (χ4v) is 21.7. The quantitative estimate of drug-likeness (QED) is 0.0726. The first-order chi connectivity index (χ1) is 66.6. The number of fused-ring (bicyclic) bond motifs is 3. The van der Waals surface area contributed by atoms with Crippen LogP contribution in [0.1, 0.15) is 126 Å². The number of carbonyl (C=O) groups excluding carboxylic acids is 6. The van der Waals surface area contributed by atoms with Gasteiger partial charge in [0.25, 0.3) is 0 Å². The third-order valence-electron chi connectivity index (χ3n) is 29.6. The third-order valence-corrected chi connectivity index (χ3v) is 29.6. The second-order valence-electron chi connectivity index (χ2n) is 38.7. The van der Waals surface area contributed by atoms with Gasteiger partial charge in [-0.2, -0.15) is 15.3 Å². The molecule has 18 heterocycles. The highest BCUT2D eigenvalue weighted by atomic mass is 16.5. The summed E-state index contributed by atoms with van der Waals surface area (Å²) in [5, 5.41) is 13.1. The molecule has 6 aromatic heterocycles. The molecule has 6 amide bonds. The molecule has 3 spiro atoms. The van der Waals surface area contributed by atoms with Crippen LogP contribution in [0.2, 0.25) is 0 Å². The van der Waals surface area contributed by atoms with Gasteiger partial charge in [-0.05, 0) is 203 Å². The van der Waals surface area contributed by atoms with Crippen molar-refractivity contribution in [3.8, 4) is 40.0 Å². The molecule has 11 aromatic rings. The number of amides is 6. The molecule has 0 radical (unpaired) electrons. The topological polar surface area (TPSA) is 312 Å². The molecule has 0 saturated carbocycles. The molecule has 12 aliphatic rings. The highest BCUT2D eigenvalue weighted by Gasteiger charge is 2.55. The molecular weight excluding hydrogens is 1720 g/mol. The number of likely N-dealkylation sites (tertiary alicyclic amines) is 3. The lowest BCUT2D eigenvalue weighted by atomic mass is 9.85. The smallest absolute Gasteiger partial charge is 0.237 e. The van der Waals surface area contributed by atoms with Crippen molar-refractivity contribution < 1.29 is 33.5 Å². The Kier molecular flexibility index (Phi) is 24.4. The van der Waals surface area contributed by atoms with Crippen molar-refractivity contribution in [3.63, 3.8) is 0 Å². The van der Waals surface area contributed by atoms with E-state index < -0.39 is 10.8 Å². The Morgan fingerprint density at radius 1 is 0.416 bits per heavy atom. The summed E-state index contributed by atoms with van der Waals surface area (Å²) >= 11 is 0. The number of nitrogens with zero attached hydrogens (tertiary/aromatic N) is 25. The minimum Gasteiger partial charge on any atom is -0.475 e. The SMILES string of the molecule is CC(C)Oc1ccc(C2=NCc3ccc(N4CC[C@]5(CCN(CC(=O)N6CCN(c7ccc(-c8ncn(C)n8)cn7)CC6)C5)C4=O)cc32)cn1.Cc1ccncc1C1=NCc2ccc(N3CC[C@]4(CCN(CC(=O)N5CC=C(c6ccc(-c7ncn(C)n7)cc6)CC5)C4)C3=O)cc21.Cn1cnc(-c2ccc(C3=CCN(C(=O)CN4CC[C@]5(CCN(c6ccc7c(c6)C=NC7)C5=O)C4)CC3)cc2)n1. The summed E-state index contributed by atoms with van der Waals surface area (Å²) in [6.45, 7) is 20.7. The Balaban J connectivity index is 0.000000123. The van der Waals surface area contributed by atoms with Crippen LogP contribution >= 0.6 is 0 Å². The average molecular weight is 1840 g/mol. The fourth-order valence-electron chi connectivity index (χ4n) is 21.7. The van der Waals surface area contributed by atoms with Gasteiger partial charge < -0.3 is 39.0 Å². The number of benzene rings is 5. The first-order valence-electron chi connectivity index (χ1n) is 48.0. The summed E-state index contributed by atoms with van der Waals surface area (Å²) in [6.07, 6.45) is 25.1. The number of hydrogen-bond donors (Lipinski definition) is 0. The lowest BCUT2D eigenvalue weighted by Gasteiger charge is -2.36.